The summed E-state index contributed by atoms with van der Waals surface area (Å²) in [5.41, 5.74) is 2.10. The minimum atomic E-state index is -1.08. The average molecular weight is 518 g/mol. The lowest BCUT2D eigenvalue weighted by atomic mass is 9.98. The Morgan fingerprint density at radius 1 is 1.05 bits per heavy atom. The molecule has 4 aromatic rings. The lowest BCUT2D eigenvalue weighted by molar-refractivity contribution is -0.132. The molecule has 1 saturated heterocycles. The predicted molar refractivity (Wildman–Crippen MR) is 137 cm³/mol. The van der Waals surface area contributed by atoms with Crippen LogP contribution in [-0.2, 0) is 16.2 Å². The molecule has 3 aromatic carbocycles. The van der Waals surface area contributed by atoms with E-state index in [0.29, 0.717) is 17.9 Å². The summed E-state index contributed by atoms with van der Waals surface area (Å²) in [5.74, 6) is -1.97. The number of ether oxygens (including phenoxy) is 1. The number of hydrogen-bond donors (Lipinski definition) is 1. The average Bonchev–Trinajstić information content (AvgIpc) is 3.52. The van der Waals surface area contributed by atoms with Gasteiger partial charge in [-0.05, 0) is 66.6 Å². The van der Waals surface area contributed by atoms with Crippen molar-refractivity contribution in [1.29, 1.82) is 0 Å². The van der Waals surface area contributed by atoms with Crippen molar-refractivity contribution >= 4 is 34.7 Å². The molecular formula is C29H21ClFNO5. The van der Waals surface area contributed by atoms with Crippen molar-refractivity contribution in [2.24, 2.45) is 0 Å². The van der Waals surface area contributed by atoms with Crippen LogP contribution in [0.2, 0.25) is 5.02 Å². The number of rotatable bonds is 6. The van der Waals surface area contributed by atoms with E-state index in [1.807, 2.05) is 37.3 Å². The molecule has 1 atom stereocenters. The molecule has 6 nitrogen and oxygen atoms in total. The number of amides is 1. The molecule has 1 aromatic heterocycles. The maximum absolute atomic E-state index is 13.8. The van der Waals surface area contributed by atoms with Gasteiger partial charge in [0.2, 0.25) is 0 Å². The molecule has 2 heterocycles. The van der Waals surface area contributed by atoms with E-state index >= 15 is 0 Å². The second kappa shape index (κ2) is 9.95. The fraction of sp³-hybridized carbons (Fsp3) is 0.103. The van der Waals surface area contributed by atoms with Crippen LogP contribution >= 0.6 is 11.6 Å². The van der Waals surface area contributed by atoms with Crippen LogP contribution in [0.25, 0.3) is 5.76 Å². The van der Waals surface area contributed by atoms with E-state index in [4.69, 9.17) is 20.8 Å². The highest BCUT2D eigenvalue weighted by molar-refractivity contribution is 6.51. The molecule has 186 valence electrons. The van der Waals surface area contributed by atoms with Gasteiger partial charge in [0.1, 0.15) is 35.7 Å². The van der Waals surface area contributed by atoms with Gasteiger partial charge in [-0.2, -0.15) is 0 Å². The summed E-state index contributed by atoms with van der Waals surface area (Å²) in [7, 11) is 0. The van der Waals surface area contributed by atoms with Crippen molar-refractivity contribution in [3.05, 3.63) is 124 Å². The fourth-order valence-corrected chi connectivity index (χ4v) is 4.47. The Labute approximate surface area is 217 Å². The van der Waals surface area contributed by atoms with Gasteiger partial charge in [0.15, 0.2) is 0 Å². The lowest BCUT2D eigenvalue weighted by Gasteiger charge is -2.23. The number of furan rings is 1. The fourth-order valence-electron chi connectivity index (χ4n) is 4.30. The number of carbonyl (C=O) groups is 2. The maximum Gasteiger partial charge on any atom is 0.300 e. The quantitative estimate of drug-likeness (QED) is 0.177. The molecule has 1 unspecified atom stereocenters. The first-order chi connectivity index (χ1) is 17.8. The molecular weight excluding hydrogens is 497 g/mol. The zero-order chi connectivity index (χ0) is 26.1. The Morgan fingerprint density at radius 3 is 2.51 bits per heavy atom. The number of nitrogens with zero attached hydrogens (tertiary/aromatic N) is 1. The molecule has 0 aliphatic carbocycles. The molecule has 8 heteroatoms. The number of halogens is 2. The summed E-state index contributed by atoms with van der Waals surface area (Å²) >= 11 is 5.95. The summed E-state index contributed by atoms with van der Waals surface area (Å²) < 4.78 is 25.2. The third-order valence-corrected chi connectivity index (χ3v) is 6.41. The first-order valence-corrected chi connectivity index (χ1v) is 11.8. The summed E-state index contributed by atoms with van der Waals surface area (Å²) in [5, 5.41) is 11.1. The maximum atomic E-state index is 13.8. The van der Waals surface area contributed by atoms with Crippen molar-refractivity contribution in [3.63, 3.8) is 0 Å². The Kier molecular flexibility index (Phi) is 6.54. The van der Waals surface area contributed by atoms with Gasteiger partial charge in [-0.1, -0.05) is 41.9 Å². The van der Waals surface area contributed by atoms with Crippen LogP contribution in [0.3, 0.4) is 0 Å². The van der Waals surface area contributed by atoms with E-state index in [0.717, 1.165) is 22.1 Å². The minimum Gasteiger partial charge on any atom is -0.507 e. The number of Topliss-reactive ketones (excluding diaryl/α,β-unsaturated/α-hetero) is 1. The molecule has 0 saturated carbocycles. The van der Waals surface area contributed by atoms with Crippen LogP contribution in [0.1, 0.15) is 28.5 Å². The SMILES string of the molecule is Cc1cc(/C(O)=C2/C(=O)C(=O)N(c3ccc(F)c(Cl)c3)C2c2ccco2)ccc1OCc1ccccc1. The molecule has 0 radical (unpaired) electrons. The molecule has 0 bridgehead atoms. The standard InChI is InChI=1S/C29H21ClFNO5/c1-17-14-19(9-12-23(17)37-16-18-6-3-2-4-7-18)27(33)25-26(24-8-5-13-36-24)32(29(35)28(25)34)20-10-11-22(31)21(30)15-20/h2-15,26,33H,16H2,1H3/b27-25-. The first-order valence-electron chi connectivity index (χ1n) is 11.4. The van der Waals surface area contributed by atoms with E-state index in [1.54, 1.807) is 30.3 Å². The normalized spacial score (nSPS) is 16.8. The topological polar surface area (TPSA) is 80.0 Å². The molecule has 37 heavy (non-hydrogen) atoms. The zero-order valence-corrected chi connectivity index (χ0v) is 20.4. The van der Waals surface area contributed by atoms with Gasteiger partial charge in [-0.3, -0.25) is 14.5 Å². The van der Waals surface area contributed by atoms with Crippen LogP contribution in [0, 0.1) is 12.7 Å². The van der Waals surface area contributed by atoms with Crippen molar-refractivity contribution in [1.82, 2.24) is 0 Å². The Balaban J connectivity index is 1.53. The summed E-state index contributed by atoms with van der Waals surface area (Å²) in [4.78, 5) is 27.5. The molecule has 1 aliphatic rings. The van der Waals surface area contributed by atoms with Crippen molar-refractivity contribution in [2.75, 3.05) is 4.90 Å². The second-order valence-corrected chi connectivity index (χ2v) is 8.94. The smallest absolute Gasteiger partial charge is 0.300 e. The van der Waals surface area contributed by atoms with E-state index < -0.39 is 23.5 Å². The molecule has 1 fully saturated rings. The highest BCUT2D eigenvalue weighted by Crippen LogP contribution is 2.43. The Hall–Kier alpha value is -4.36. The van der Waals surface area contributed by atoms with E-state index in [2.05, 4.69) is 0 Å². The molecule has 1 amide bonds. The molecule has 1 aliphatic heterocycles. The number of aryl methyl sites for hydroxylation is 1. The number of aliphatic hydroxyl groups excluding tert-OH is 1. The van der Waals surface area contributed by atoms with Gasteiger partial charge >= 0.3 is 0 Å². The third-order valence-electron chi connectivity index (χ3n) is 6.12. The van der Waals surface area contributed by atoms with Crippen molar-refractivity contribution in [2.45, 2.75) is 19.6 Å². The Bertz CT molecular complexity index is 1510. The van der Waals surface area contributed by atoms with Crippen molar-refractivity contribution < 1.29 is 28.2 Å². The number of carbonyl (C=O) groups excluding carboxylic acids is 2. The van der Waals surface area contributed by atoms with E-state index in [1.165, 1.54) is 18.4 Å². The van der Waals surface area contributed by atoms with Crippen LogP contribution in [0.4, 0.5) is 10.1 Å². The van der Waals surface area contributed by atoms with Crippen LogP contribution in [0.5, 0.6) is 5.75 Å². The van der Waals surface area contributed by atoms with Gasteiger partial charge < -0.3 is 14.3 Å². The summed E-state index contributed by atoms with van der Waals surface area (Å²) in [6.07, 6.45) is 1.40. The highest BCUT2D eigenvalue weighted by atomic mass is 35.5. The largest absolute Gasteiger partial charge is 0.507 e. The zero-order valence-electron chi connectivity index (χ0n) is 19.7. The molecule has 0 spiro atoms. The van der Waals surface area contributed by atoms with Gasteiger partial charge in [0, 0.05) is 11.3 Å². The van der Waals surface area contributed by atoms with E-state index in [9.17, 15) is 19.1 Å². The number of anilines is 1. The Morgan fingerprint density at radius 2 is 1.84 bits per heavy atom. The molecule has 5 rings (SSSR count). The minimum absolute atomic E-state index is 0.155. The molecule has 1 N–H and O–H groups in total. The van der Waals surface area contributed by atoms with Crippen LogP contribution < -0.4 is 9.64 Å². The number of ketones is 1. The van der Waals surface area contributed by atoms with Crippen molar-refractivity contribution in [3.8, 4) is 5.75 Å². The van der Waals surface area contributed by atoms with Gasteiger partial charge in [0.05, 0.1) is 16.9 Å². The second-order valence-electron chi connectivity index (χ2n) is 8.54. The summed E-state index contributed by atoms with van der Waals surface area (Å²) in [6.45, 7) is 2.19. The number of aliphatic hydroxyl groups is 1. The summed E-state index contributed by atoms with van der Waals surface area (Å²) in [6, 6.07) is 20.5. The predicted octanol–water partition coefficient (Wildman–Crippen LogP) is 6.59. The van der Waals surface area contributed by atoms with Crippen LogP contribution in [0.15, 0.2) is 95.1 Å². The van der Waals surface area contributed by atoms with Gasteiger partial charge in [-0.15, -0.1) is 0 Å². The number of hydrogen-bond acceptors (Lipinski definition) is 5. The van der Waals surface area contributed by atoms with Gasteiger partial charge in [-0.25, -0.2) is 4.39 Å². The lowest BCUT2D eigenvalue weighted by Crippen LogP contribution is -2.29. The third kappa shape index (κ3) is 4.61. The van der Waals surface area contributed by atoms with Gasteiger partial charge in [0.25, 0.3) is 11.7 Å². The van der Waals surface area contributed by atoms with E-state index in [-0.39, 0.29) is 27.8 Å². The van der Waals surface area contributed by atoms with Crippen LogP contribution in [-0.4, -0.2) is 16.8 Å². The monoisotopic (exact) mass is 517 g/mol. The highest BCUT2D eigenvalue weighted by Gasteiger charge is 2.48. The number of benzene rings is 3. The first kappa shape index (κ1) is 24.3.